The van der Waals surface area contributed by atoms with Gasteiger partial charge in [-0.2, -0.15) is 0 Å². The Bertz CT molecular complexity index is 616. The zero-order valence-corrected chi connectivity index (χ0v) is 10.5. The summed E-state index contributed by atoms with van der Waals surface area (Å²) in [6.07, 6.45) is 0.779. The Hall–Kier alpha value is -0.990. The monoisotopic (exact) mass is 255 g/mol. The minimum atomic E-state index is -0.0210. The molecular weight excluding hydrogens is 245 g/mol. The van der Waals surface area contributed by atoms with Gasteiger partial charge in [-0.25, -0.2) is 0 Å². The van der Waals surface area contributed by atoms with Gasteiger partial charge in [0.2, 0.25) is 0 Å². The summed E-state index contributed by atoms with van der Waals surface area (Å²) in [6, 6.07) is 3.31. The van der Waals surface area contributed by atoms with E-state index in [1.807, 2.05) is 13.8 Å². The van der Waals surface area contributed by atoms with Crippen molar-refractivity contribution < 1.29 is 0 Å². The third-order valence-electron chi connectivity index (χ3n) is 2.71. The van der Waals surface area contributed by atoms with Crippen molar-refractivity contribution in [3.63, 3.8) is 0 Å². The first-order chi connectivity index (χ1) is 7.54. The molecule has 84 valence electrons. The molecule has 0 saturated carbocycles. The van der Waals surface area contributed by atoms with Crippen LogP contribution in [0.15, 0.2) is 16.9 Å². The fourth-order valence-corrected chi connectivity index (χ4v) is 2.42. The van der Waals surface area contributed by atoms with Crippen molar-refractivity contribution in [3.8, 4) is 0 Å². The second kappa shape index (κ2) is 4.11. The molecule has 0 radical (unpaired) electrons. The van der Waals surface area contributed by atoms with Crippen molar-refractivity contribution in [2.45, 2.75) is 20.3 Å². The standard InChI is InChI=1S/C12H11Cl2NO/c1-3-9-6(2)12(16)11-8(14)4-7(13)5-10(11)15-9/h4-5H,3H2,1-2H3,(H,15,16). The molecule has 0 amide bonds. The highest BCUT2D eigenvalue weighted by Crippen LogP contribution is 2.25. The predicted octanol–water partition coefficient (Wildman–Crippen LogP) is 3.71. The average Bonchev–Trinajstić information content (AvgIpc) is 2.22. The maximum absolute atomic E-state index is 12.1. The van der Waals surface area contributed by atoms with Crippen molar-refractivity contribution in [2.75, 3.05) is 0 Å². The molecule has 0 aliphatic rings. The molecule has 2 nitrogen and oxygen atoms in total. The lowest BCUT2D eigenvalue weighted by molar-refractivity contribution is 1.02. The lowest BCUT2D eigenvalue weighted by atomic mass is 10.1. The van der Waals surface area contributed by atoms with E-state index < -0.39 is 0 Å². The lowest BCUT2D eigenvalue weighted by Gasteiger charge is -2.07. The molecule has 1 heterocycles. The predicted molar refractivity (Wildman–Crippen MR) is 68.7 cm³/mol. The van der Waals surface area contributed by atoms with Crippen molar-refractivity contribution in [1.82, 2.24) is 4.98 Å². The van der Waals surface area contributed by atoms with Crippen LogP contribution in [-0.2, 0) is 6.42 Å². The van der Waals surface area contributed by atoms with Crippen LogP contribution in [0.25, 0.3) is 10.9 Å². The van der Waals surface area contributed by atoms with Gasteiger partial charge >= 0.3 is 0 Å². The first kappa shape index (κ1) is 11.5. The number of aryl methyl sites for hydroxylation is 1. The van der Waals surface area contributed by atoms with Gasteiger partial charge in [0.05, 0.1) is 15.9 Å². The number of hydrogen-bond acceptors (Lipinski definition) is 1. The third kappa shape index (κ3) is 1.72. The second-order valence-corrected chi connectivity index (χ2v) is 4.57. The molecule has 1 N–H and O–H groups in total. The van der Waals surface area contributed by atoms with Gasteiger partial charge in [-0.15, -0.1) is 0 Å². The highest BCUT2D eigenvalue weighted by atomic mass is 35.5. The Morgan fingerprint density at radius 2 is 2.00 bits per heavy atom. The van der Waals surface area contributed by atoms with E-state index in [9.17, 15) is 4.79 Å². The first-order valence-electron chi connectivity index (χ1n) is 5.05. The molecule has 0 atom stereocenters. The van der Waals surface area contributed by atoms with Crippen LogP contribution in [0.2, 0.25) is 10.0 Å². The number of aromatic amines is 1. The van der Waals surface area contributed by atoms with Gasteiger partial charge < -0.3 is 4.98 Å². The Balaban J connectivity index is 2.99. The van der Waals surface area contributed by atoms with Gasteiger partial charge in [0.25, 0.3) is 0 Å². The molecule has 0 spiro atoms. The van der Waals surface area contributed by atoms with Gasteiger partial charge in [0.15, 0.2) is 5.43 Å². The van der Waals surface area contributed by atoms with Crippen LogP contribution in [0.5, 0.6) is 0 Å². The van der Waals surface area contributed by atoms with Crippen LogP contribution >= 0.6 is 23.2 Å². The quantitative estimate of drug-likeness (QED) is 0.828. The molecule has 0 unspecified atom stereocenters. The van der Waals surface area contributed by atoms with Crippen LogP contribution in [0.1, 0.15) is 18.2 Å². The van der Waals surface area contributed by atoms with Crippen molar-refractivity contribution in [2.24, 2.45) is 0 Å². The van der Waals surface area contributed by atoms with Crippen molar-refractivity contribution >= 4 is 34.1 Å². The van der Waals surface area contributed by atoms with E-state index in [-0.39, 0.29) is 5.43 Å². The van der Waals surface area contributed by atoms with E-state index >= 15 is 0 Å². The number of benzene rings is 1. The molecule has 0 fully saturated rings. The maximum Gasteiger partial charge on any atom is 0.194 e. The van der Waals surface area contributed by atoms with Crippen molar-refractivity contribution in [1.29, 1.82) is 0 Å². The van der Waals surface area contributed by atoms with Crippen LogP contribution in [-0.4, -0.2) is 4.98 Å². The molecule has 2 aromatic rings. The second-order valence-electron chi connectivity index (χ2n) is 3.72. The number of H-pyrrole nitrogens is 1. The Morgan fingerprint density at radius 3 is 2.62 bits per heavy atom. The summed E-state index contributed by atoms with van der Waals surface area (Å²) in [6.45, 7) is 3.80. The van der Waals surface area contributed by atoms with Gasteiger partial charge in [0, 0.05) is 16.3 Å². The Labute approximate surface area is 103 Å². The van der Waals surface area contributed by atoms with E-state index in [0.29, 0.717) is 20.9 Å². The van der Waals surface area contributed by atoms with Gasteiger partial charge in [0.1, 0.15) is 0 Å². The summed E-state index contributed by atoms with van der Waals surface area (Å²) >= 11 is 11.9. The lowest BCUT2D eigenvalue weighted by Crippen LogP contribution is -2.11. The van der Waals surface area contributed by atoms with Crippen molar-refractivity contribution in [3.05, 3.63) is 43.7 Å². The van der Waals surface area contributed by atoms with E-state index in [2.05, 4.69) is 4.98 Å². The summed E-state index contributed by atoms with van der Waals surface area (Å²) in [7, 11) is 0. The fraction of sp³-hybridized carbons (Fsp3) is 0.250. The van der Waals surface area contributed by atoms with Crippen LogP contribution in [0.3, 0.4) is 0 Å². The van der Waals surface area contributed by atoms with E-state index in [4.69, 9.17) is 23.2 Å². The summed E-state index contributed by atoms with van der Waals surface area (Å²) in [5.41, 5.74) is 2.33. The van der Waals surface area contributed by atoms with Gasteiger partial charge in [-0.1, -0.05) is 30.1 Å². The number of nitrogens with one attached hydrogen (secondary N) is 1. The molecule has 0 saturated heterocycles. The minimum absolute atomic E-state index is 0.0210. The topological polar surface area (TPSA) is 32.9 Å². The summed E-state index contributed by atoms with van der Waals surface area (Å²) in [4.78, 5) is 15.3. The fourth-order valence-electron chi connectivity index (χ4n) is 1.84. The largest absolute Gasteiger partial charge is 0.358 e. The normalized spacial score (nSPS) is 11.0. The molecule has 1 aromatic heterocycles. The zero-order chi connectivity index (χ0) is 11.9. The summed E-state index contributed by atoms with van der Waals surface area (Å²) in [5, 5.41) is 1.44. The minimum Gasteiger partial charge on any atom is -0.358 e. The average molecular weight is 256 g/mol. The first-order valence-corrected chi connectivity index (χ1v) is 5.80. The van der Waals surface area contributed by atoms with E-state index in [1.54, 1.807) is 12.1 Å². The van der Waals surface area contributed by atoms with Crippen LogP contribution in [0.4, 0.5) is 0 Å². The van der Waals surface area contributed by atoms with Crippen LogP contribution < -0.4 is 5.43 Å². The smallest absolute Gasteiger partial charge is 0.194 e. The summed E-state index contributed by atoms with van der Waals surface area (Å²) < 4.78 is 0. The van der Waals surface area contributed by atoms with Gasteiger partial charge in [-0.05, 0) is 25.5 Å². The van der Waals surface area contributed by atoms with Gasteiger partial charge in [-0.3, -0.25) is 4.79 Å². The molecule has 4 heteroatoms. The SMILES string of the molecule is CCc1[nH]c2cc(Cl)cc(Cl)c2c(=O)c1C. The summed E-state index contributed by atoms with van der Waals surface area (Å²) in [5.74, 6) is 0. The molecule has 0 aliphatic heterocycles. The number of rotatable bonds is 1. The molecule has 1 aromatic carbocycles. The van der Waals surface area contributed by atoms with E-state index in [1.165, 1.54) is 0 Å². The Morgan fingerprint density at radius 1 is 1.31 bits per heavy atom. The number of aromatic nitrogens is 1. The maximum atomic E-state index is 12.1. The molecule has 0 bridgehead atoms. The molecule has 0 aliphatic carbocycles. The molecule has 2 rings (SSSR count). The highest BCUT2D eigenvalue weighted by molar-refractivity contribution is 6.38. The number of pyridine rings is 1. The number of halogens is 2. The molecular formula is C12H11Cl2NO. The number of hydrogen-bond donors (Lipinski definition) is 1. The third-order valence-corrected chi connectivity index (χ3v) is 3.23. The zero-order valence-electron chi connectivity index (χ0n) is 9.03. The molecule has 16 heavy (non-hydrogen) atoms. The van der Waals surface area contributed by atoms with Crippen LogP contribution in [0, 0.1) is 6.92 Å². The number of fused-ring (bicyclic) bond motifs is 1. The van der Waals surface area contributed by atoms with E-state index in [0.717, 1.165) is 17.7 Å². The Kier molecular flexibility index (Phi) is 2.96. The highest BCUT2D eigenvalue weighted by Gasteiger charge is 2.10.